The molecule has 0 aromatic heterocycles. The van der Waals surface area contributed by atoms with Gasteiger partial charge >= 0.3 is 5.97 Å². The van der Waals surface area contributed by atoms with Gasteiger partial charge in [-0.25, -0.2) is 4.79 Å². The van der Waals surface area contributed by atoms with Gasteiger partial charge < -0.3 is 10.0 Å². The zero-order valence-corrected chi connectivity index (χ0v) is 14.7. The fourth-order valence-corrected chi connectivity index (χ4v) is 3.64. The number of carboxylic acid groups (broad SMARTS) is 1. The van der Waals surface area contributed by atoms with Gasteiger partial charge in [0.2, 0.25) is 0 Å². The van der Waals surface area contributed by atoms with Crippen molar-refractivity contribution < 1.29 is 14.7 Å². The van der Waals surface area contributed by atoms with Crippen LogP contribution in [0.25, 0.3) is 0 Å². The van der Waals surface area contributed by atoms with E-state index in [0.29, 0.717) is 12.1 Å². The smallest absolute Gasteiger partial charge is 0.326 e. The fraction of sp³-hybridized carbons (Fsp3) is 0.500. The number of carbonyl (C=O) groups is 2. The quantitative estimate of drug-likeness (QED) is 0.774. The molecular formula is C16H20INO3. The normalized spacial score (nSPS) is 21.1. The van der Waals surface area contributed by atoms with E-state index in [9.17, 15) is 14.7 Å². The van der Waals surface area contributed by atoms with Crippen molar-refractivity contribution >= 4 is 34.5 Å². The molecule has 2 rings (SSSR count). The van der Waals surface area contributed by atoms with E-state index < -0.39 is 17.4 Å². The number of carbonyl (C=O) groups excluding carboxylic acids is 1. The van der Waals surface area contributed by atoms with E-state index in [2.05, 4.69) is 22.6 Å². The molecule has 1 aromatic carbocycles. The molecule has 21 heavy (non-hydrogen) atoms. The van der Waals surface area contributed by atoms with Gasteiger partial charge in [-0.2, -0.15) is 0 Å². The molecule has 1 fully saturated rings. The van der Waals surface area contributed by atoms with Crippen LogP contribution in [0, 0.1) is 15.9 Å². The maximum absolute atomic E-state index is 12.8. The second kappa shape index (κ2) is 5.94. The van der Waals surface area contributed by atoms with Gasteiger partial charge in [0.15, 0.2) is 0 Å². The number of piperidine rings is 1. The SMILES string of the molecule is Cc1cccc(C(=O)N2CCCC(C)(C)C2C(=O)O)c1I. The summed E-state index contributed by atoms with van der Waals surface area (Å²) < 4.78 is 0.896. The highest BCUT2D eigenvalue weighted by Gasteiger charge is 2.44. The summed E-state index contributed by atoms with van der Waals surface area (Å²) in [6, 6.07) is 4.80. The Bertz CT molecular complexity index is 583. The van der Waals surface area contributed by atoms with Crippen LogP contribution in [0.15, 0.2) is 18.2 Å². The maximum Gasteiger partial charge on any atom is 0.326 e. The van der Waals surface area contributed by atoms with Gasteiger partial charge in [0.25, 0.3) is 5.91 Å². The highest BCUT2D eigenvalue weighted by Crippen LogP contribution is 2.36. The number of benzene rings is 1. The standard InChI is InChI=1S/C16H20INO3/c1-10-6-4-7-11(12(10)17)14(19)18-9-5-8-16(2,3)13(18)15(20)21/h4,6-7,13H,5,8-9H2,1-3H3,(H,20,21). The van der Waals surface area contributed by atoms with Gasteiger partial charge in [-0.3, -0.25) is 4.79 Å². The first-order valence-electron chi connectivity index (χ1n) is 7.04. The zero-order valence-electron chi connectivity index (χ0n) is 12.5. The number of nitrogens with zero attached hydrogens (tertiary/aromatic N) is 1. The number of hydrogen-bond acceptors (Lipinski definition) is 2. The molecule has 1 saturated heterocycles. The Kier molecular flexibility index (Phi) is 4.60. The maximum atomic E-state index is 12.8. The first-order chi connectivity index (χ1) is 9.75. The average molecular weight is 401 g/mol. The number of hydrogen-bond donors (Lipinski definition) is 1. The number of rotatable bonds is 2. The summed E-state index contributed by atoms with van der Waals surface area (Å²) in [5, 5.41) is 9.57. The topological polar surface area (TPSA) is 57.6 Å². The van der Waals surface area contributed by atoms with Crippen LogP contribution in [-0.4, -0.2) is 34.5 Å². The van der Waals surface area contributed by atoms with Crippen LogP contribution in [0.3, 0.4) is 0 Å². The van der Waals surface area contributed by atoms with Gasteiger partial charge in [0.1, 0.15) is 6.04 Å². The lowest BCUT2D eigenvalue weighted by Gasteiger charge is -2.44. The average Bonchev–Trinajstić information content (AvgIpc) is 2.39. The van der Waals surface area contributed by atoms with Crippen LogP contribution in [0.5, 0.6) is 0 Å². The summed E-state index contributed by atoms with van der Waals surface area (Å²) in [6.45, 7) is 6.30. The molecule has 1 amide bonds. The number of carboxylic acids is 1. The Morgan fingerprint density at radius 1 is 1.38 bits per heavy atom. The third-order valence-electron chi connectivity index (χ3n) is 4.19. The number of aryl methyl sites for hydroxylation is 1. The molecule has 1 N–H and O–H groups in total. The fourth-order valence-electron chi connectivity index (χ4n) is 3.05. The summed E-state index contributed by atoms with van der Waals surface area (Å²) >= 11 is 2.15. The molecule has 1 atom stereocenters. The molecule has 0 radical (unpaired) electrons. The minimum absolute atomic E-state index is 0.178. The van der Waals surface area contributed by atoms with Gasteiger partial charge in [-0.05, 0) is 59.4 Å². The number of likely N-dealkylation sites (tertiary alicyclic amines) is 1. The van der Waals surface area contributed by atoms with E-state index in [-0.39, 0.29) is 5.91 Å². The van der Waals surface area contributed by atoms with Gasteiger partial charge in [-0.1, -0.05) is 26.0 Å². The van der Waals surface area contributed by atoms with Gasteiger partial charge in [0.05, 0.1) is 5.56 Å². The Morgan fingerprint density at radius 2 is 2.05 bits per heavy atom. The van der Waals surface area contributed by atoms with Crippen LogP contribution < -0.4 is 0 Å². The van der Waals surface area contributed by atoms with Crippen LogP contribution >= 0.6 is 22.6 Å². The molecular weight excluding hydrogens is 381 g/mol. The molecule has 0 saturated carbocycles. The van der Waals surface area contributed by atoms with E-state index in [1.54, 1.807) is 6.07 Å². The molecule has 1 aromatic rings. The molecule has 1 unspecified atom stereocenters. The van der Waals surface area contributed by atoms with Crippen molar-refractivity contribution in [2.75, 3.05) is 6.54 Å². The molecule has 0 spiro atoms. The second-order valence-electron chi connectivity index (χ2n) is 6.27. The monoisotopic (exact) mass is 401 g/mol. The van der Waals surface area contributed by atoms with Crippen molar-refractivity contribution in [1.82, 2.24) is 4.90 Å². The van der Waals surface area contributed by atoms with Crippen LogP contribution in [0.1, 0.15) is 42.6 Å². The third kappa shape index (κ3) is 3.07. The van der Waals surface area contributed by atoms with Gasteiger partial charge in [-0.15, -0.1) is 0 Å². The van der Waals surface area contributed by atoms with Crippen LogP contribution in [0.4, 0.5) is 0 Å². The lowest BCUT2D eigenvalue weighted by Crippen LogP contribution is -2.56. The van der Waals surface area contributed by atoms with E-state index in [0.717, 1.165) is 22.0 Å². The number of amides is 1. The molecule has 0 aliphatic carbocycles. The highest BCUT2D eigenvalue weighted by molar-refractivity contribution is 14.1. The van der Waals surface area contributed by atoms with Crippen molar-refractivity contribution in [1.29, 1.82) is 0 Å². The predicted molar refractivity (Wildman–Crippen MR) is 89.4 cm³/mol. The molecule has 0 bridgehead atoms. The summed E-state index contributed by atoms with van der Waals surface area (Å²) in [5.74, 6) is -1.10. The van der Waals surface area contributed by atoms with Crippen LogP contribution in [-0.2, 0) is 4.79 Å². The summed E-state index contributed by atoms with van der Waals surface area (Å²) in [5.41, 5.74) is 1.22. The van der Waals surface area contributed by atoms with E-state index >= 15 is 0 Å². The molecule has 5 heteroatoms. The first-order valence-corrected chi connectivity index (χ1v) is 8.12. The number of aliphatic carboxylic acids is 1. The van der Waals surface area contributed by atoms with Gasteiger partial charge in [0, 0.05) is 10.1 Å². The predicted octanol–water partition coefficient (Wildman–Crippen LogP) is 3.32. The Balaban J connectivity index is 2.41. The Hall–Kier alpha value is -1.11. The minimum Gasteiger partial charge on any atom is -0.480 e. The third-order valence-corrected chi connectivity index (χ3v) is 5.62. The largest absolute Gasteiger partial charge is 0.480 e. The first kappa shape index (κ1) is 16.3. The van der Waals surface area contributed by atoms with Crippen molar-refractivity contribution in [2.45, 2.75) is 39.7 Å². The zero-order chi connectivity index (χ0) is 15.8. The lowest BCUT2D eigenvalue weighted by molar-refractivity contribution is -0.148. The Labute approximate surface area is 138 Å². The van der Waals surface area contributed by atoms with E-state index in [4.69, 9.17) is 0 Å². The molecule has 1 aliphatic rings. The summed E-state index contributed by atoms with van der Waals surface area (Å²) in [4.78, 5) is 26.0. The second-order valence-corrected chi connectivity index (χ2v) is 7.35. The molecule has 1 heterocycles. The Morgan fingerprint density at radius 3 is 2.67 bits per heavy atom. The lowest BCUT2D eigenvalue weighted by atomic mass is 9.76. The molecule has 1 aliphatic heterocycles. The minimum atomic E-state index is -0.921. The van der Waals surface area contributed by atoms with E-state index in [1.165, 1.54) is 4.90 Å². The van der Waals surface area contributed by atoms with Crippen molar-refractivity contribution in [3.05, 3.63) is 32.9 Å². The highest BCUT2D eigenvalue weighted by atomic mass is 127. The molecule has 114 valence electrons. The van der Waals surface area contributed by atoms with Crippen molar-refractivity contribution in [3.63, 3.8) is 0 Å². The van der Waals surface area contributed by atoms with Crippen LogP contribution in [0.2, 0.25) is 0 Å². The number of halogens is 1. The summed E-state index contributed by atoms with van der Waals surface area (Å²) in [6.07, 6.45) is 1.66. The summed E-state index contributed by atoms with van der Waals surface area (Å²) in [7, 11) is 0. The van der Waals surface area contributed by atoms with E-state index in [1.807, 2.05) is 32.9 Å². The molecule has 4 nitrogen and oxygen atoms in total. The van der Waals surface area contributed by atoms with Crippen molar-refractivity contribution in [3.8, 4) is 0 Å². The van der Waals surface area contributed by atoms with Crippen molar-refractivity contribution in [2.24, 2.45) is 5.41 Å².